The van der Waals surface area contributed by atoms with Gasteiger partial charge < -0.3 is 33.8 Å². The first kappa shape index (κ1) is 40.1. The van der Waals surface area contributed by atoms with Crippen molar-refractivity contribution in [3.63, 3.8) is 0 Å². The summed E-state index contributed by atoms with van der Waals surface area (Å²) in [5.41, 5.74) is 9.23. The number of carbonyl (C=O) groups excluding carboxylic acids is 3. The van der Waals surface area contributed by atoms with E-state index >= 15 is 0 Å². The normalized spacial score (nSPS) is 16.9. The molecule has 3 aliphatic heterocycles. The number of para-hydroxylation sites is 2. The average Bonchev–Trinajstić information content (AvgIpc) is 3.52. The summed E-state index contributed by atoms with van der Waals surface area (Å²) < 4.78 is 8.21. The lowest BCUT2D eigenvalue weighted by Gasteiger charge is -2.36. The van der Waals surface area contributed by atoms with E-state index in [4.69, 9.17) is 4.74 Å². The highest BCUT2D eigenvalue weighted by Crippen LogP contribution is 2.36. The van der Waals surface area contributed by atoms with Gasteiger partial charge in [0.1, 0.15) is 0 Å². The van der Waals surface area contributed by atoms with Crippen LogP contribution in [0, 0.1) is 6.92 Å². The smallest absolute Gasteiger partial charge is 0.408 e. The summed E-state index contributed by atoms with van der Waals surface area (Å²) in [7, 11) is 4.12. The number of hydrogen-bond donors (Lipinski definition) is 0. The molecule has 0 unspecified atom stereocenters. The van der Waals surface area contributed by atoms with Gasteiger partial charge in [-0.1, -0.05) is 63.1 Å². The highest BCUT2D eigenvalue weighted by atomic mass is 16.6. The second-order valence-corrected chi connectivity index (χ2v) is 16.3. The first-order valence-corrected chi connectivity index (χ1v) is 21.1. The van der Waals surface area contributed by atoms with Crippen LogP contribution in [0.4, 0.5) is 10.5 Å². The Bertz CT molecular complexity index is 2090. The van der Waals surface area contributed by atoms with E-state index in [2.05, 4.69) is 66.5 Å². The summed E-state index contributed by atoms with van der Waals surface area (Å²) in [5, 5.41) is 0. The number of fused-ring (bicyclic) bond motifs is 2. The number of carbonyl (C=O) groups is 3. The van der Waals surface area contributed by atoms with Gasteiger partial charge in [0.25, 0.3) is 11.8 Å². The molecule has 10 heteroatoms. The molecule has 3 amide bonds. The Morgan fingerprint density at radius 3 is 2.18 bits per heavy atom. The Hall–Kier alpha value is -5.09. The maximum atomic E-state index is 15.0. The molecule has 1 atom stereocenters. The molecule has 0 spiro atoms. The maximum absolute atomic E-state index is 15.0. The number of aromatic nitrogens is 1. The van der Waals surface area contributed by atoms with Crippen molar-refractivity contribution < 1.29 is 19.1 Å². The molecular weight excluding hydrogens is 713 g/mol. The zero-order valence-corrected chi connectivity index (χ0v) is 34.9. The lowest BCUT2D eigenvalue weighted by Crippen LogP contribution is -2.45. The first-order chi connectivity index (χ1) is 27.6. The highest BCUT2D eigenvalue weighted by molar-refractivity contribution is 6.03. The summed E-state index contributed by atoms with van der Waals surface area (Å²) in [4.78, 5) is 53.3. The molecule has 57 heavy (non-hydrogen) atoms. The van der Waals surface area contributed by atoms with Crippen LogP contribution in [0.15, 0.2) is 66.7 Å². The number of ether oxygens (including phenoxy) is 1. The van der Waals surface area contributed by atoms with Crippen LogP contribution in [0.1, 0.15) is 95.1 Å². The lowest BCUT2D eigenvalue weighted by atomic mass is 9.90. The van der Waals surface area contributed by atoms with Crippen LogP contribution in [-0.4, -0.2) is 101 Å². The number of rotatable bonds is 11. The van der Waals surface area contributed by atoms with Crippen molar-refractivity contribution in [2.45, 2.75) is 85.4 Å². The zero-order valence-electron chi connectivity index (χ0n) is 34.9. The summed E-state index contributed by atoms with van der Waals surface area (Å²) in [6.07, 6.45) is 4.98. The van der Waals surface area contributed by atoms with Gasteiger partial charge in [0.2, 0.25) is 0 Å². The number of hydrogen-bond acceptors (Lipinski definition) is 6. The van der Waals surface area contributed by atoms with Gasteiger partial charge in [-0.25, -0.2) is 4.79 Å². The fourth-order valence-electron chi connectivity index (χ4n) is 8.63. The number of benzene rings is 3. The van der Waals surface area contributed by atoms with Crippen LogP contribution in [0.2, 0.25) is 0 Å². The van der Waals surface area contributed by atoms with E-state index in [-0.39, 0.29) is 17.9 Å². The van der Waals surface area contributed by atoms with Gasteiger partial charge in [-0.3, -0.25) is 9.59 Å². The molecule has 1 aromatic heterocycles. The molecule has 3 aromatic carbocycles. The molecule has 0 bridgehead atoms. The summed E-state index contributed by atoms with van der Waals surface area (Å²) in [6, 6.07) is 22.3. The summed E-state index contributed by atoms with van der Waals surface area (Å²) in [6.45, 7) is 14.9. The number of likely N-dealkylation sites (N-methyl/N-ethyl adjacent to an activating group) is 1. The Balaban J connectivity index is 1.22. The predicted molar refractivity (Wildman–Crippen MR) is 227 cm³/mol. The third-order valence-corrected chi connectivity index (χ3v) is 12.4. The van der Waals surface area contributed by atoms with Gasteiger partial charge in [-0.05, 0) is 99.2 Å². The van der Waals surface area contributed by atoms with Crippen molar-refractivity contribution >= 4 is 23.6 Å². The van der Waals surface area contributed by atoms with Gasteiger partial charge in [-0.15, -0.1) is 0 Å². The molecule has 3 aliphatic rings. The van der Waals surface area contributed by atoms with Gasteiger partial charge in [0.15, 0.2) is 5.75 Å². The molecule has 0 aliphatic carbocycles. The van der Waals surface area contributed by atoms with E-state index < -0.39 is 6.09 Å². The van der Waals surface area contributed by atoms with Crippen molar-refractivity contribution in [3.8, 4) is 17.0 Å². The second kappa shape index (κ2) is 17.6. The van der Waals surface area contributed by atoms with Crippen LogP contribution in [0.5, 0.6) is 5.75 Å². The third kappa shape index (κ3) is 8.47. The number of unbranched alkanes of at least 4 members (excludes halogenated alkanes) is 2. The first-order valence-electron chi connectivity index (χ1n) is 21.1. The Kier molecular flexibility index (Phi) is 12.4. The molecule has 4 aromatic rings. The fraction of sp³-hybridized carbons (Fsp3) is 0.468. The summed E-state index contributed by atoms with van der Waals surface area (Å²) in [5.74, 6) is 0.567. The molecule has 302 valence electrons. The standard InChI is InChI=1S/C47H60N6O4/c1-7-9-20-51(21-10-8-2)45(54)39-30-43(49(6)34(39)4)40-28-36-19-22-52(47(56)57-44-18-14-13-17-42(44)50-25-23-48(5)24-26-50)31-38(36)29-41(40)46(55)53-32-37-16-12-11-15-35(37)27-33(53)3/h11-18,28-30,33H,7-10,19-27,31-32H2,1-6H3/t33-/m1/s1. The number of piperazine rings is 1. The van der Waals surface area contributed by atoms with Gasteiger partial charge in [-0.2, -0.15) is 0 Å². The maximum Gasteiger partial charge on any atom is 0.415 e. The van der Waals surface area contributed by atoms with Crippen LogP contribution >= 0.6 is 0 Å². The van der Waals surface area contributed by atoms with Gasteiger partial charge in [0, 0.05) is 94.5 Å². The minimum Gasteiger partial charge on any atom is -0.408 e. The third-order valence-electron chi connectivity index (χ3n) is 12.4. The number of amides is 3. The molecule has 7 rings (SSSR count). The quantitative estimate of drug-likeness (QED) is 0.154. The van der Waals surface area contributed by atoms with E-state index in [1.165, 1.54) is 5.56 Å². The van der Waals surface area contributed by atoms with Crippen molar-refractivity contribution in [2.75, 3.05) is 57.8 Å². The molecule has 10 nitrogen and oxygen atoms in total. The lowest BCUT2D eigenvalue weighted by molar-refractivity contribution is 0.0658. The predicted octanol–water partition coefficient (Wildman–Crippen LogP) is 7.94. The van der Waals surface area contributed by atoms with Crippen LogP contribution in [-0.2, 0) is 33.0 Å². The van der Waals surface area contributed by atoms with Crippen molar-refractivity contribution in [2.24, 2.45) is 7.05 Å². The Labute approximate surface area is 339 Å². The minimum atomic E-state index is -0.391. The van der Waals surface area contributed by atoms with Gasteiger partial charge >= 0.3 is 6.09 Å². The summed E-state index contributed by atoms with van der Waals surface area (Å²) >= 11 is 0. The van der Waals surface area contributed by atoms with E-state index in [0.717, 1.165) is 111 Å². The molecular formula is C47H60N6O4. The number of anilines is 1. The van der Waals surface area contributed by atoms with Crippen molar-refractivity contribution in [1.29, 1.82) is 0 Å². The SMILES string of the molecule is CCCCN(CCCC)C(=O)c1cc(-c2cc3c(cc2C(=O)N2Cc4ccccc4C[C@H]2C)CN(C(=O)Oc2ccccc2N2CCN(C)CC2)CC3)n(C)c1C. The van der Waals surface area contributed by atoms with Crippen LogP contribution in [0.25, 0.3) is 11.3 Å². The van der Waals surface area contributed by atoms with Crippen molar-refractivity contribution in [1.82, 2.24) is 24.2 Å². The molecule has 4 heterocycles. The second-order valence-electron chi connectivity index (χ2n) is 16.3. The topological polar surface area (TPSA) is 81.6 Å². The van der Waals surface area contributed by atoms with Crippen LogP contribution in [0.3, 0.4) is 0 Å². The molecule has 0 N–H and O–H groups in total. The average molecular weight is 773 g/mol. The zero-order chi connectivity index (χ0) is 40.2. The number of nitrogens with zero attached hydrogens (tertiary/aromatic N) is 6. The monoisotopic (exact) mass is 772 g/mol. The van der Waals surface area contributed by atoms with E-state index in [9.17, 15) is 14.4 Å². The van der Waals surface area contributed by atoms with E-state index in [0.29, 0.717) is 42.9 Å². The molecule has 0 saturated carbocycles. The Morgan fingerprint density at radius 2 is 1.46 bits per heavy atom. The van der Waals surface area contributed by atoms with E-state index in [1.54, 1.807) is 4.90 Å². The largest absolute Gasteiger partial charge is 0.415 e. The fourth-order valence-corrected chi connectivity index (χ4v) is 8.63. The molecule has 1 saturated heterocycles. The minimum absolute atomic E-state index is 0.00102. The van der Waals surface area contributed by atoms with Gasteiger partial charge in [0.05, 0.1) is 11.3 Å². The van der Waals surface area contributed by atoms with Crippen LogP contribution < -0.4 is 9.64 Å². The molecule has 0 radical (unpaired) electrons. The van der Waals surface area contributed by atoms with E-state index in [1.807, 2.05) is 66.2 Å². The molecule has 1 fully saturated rings. The highest BCUT2D eigenvalue weighted by Gasteiger charge is 2.33. The Morgan fingerprint density at radius 1 is 0.772 bits per heavy atom. The van der Waals surface area contributed by atoms with Crippen molar-refractivity contribution in [3.05, 3.63) is 106 Å².